The van der Waals surface area contributed by atoms with E-state index in [-0.39, 0.29) is 52.2 Å². The summed E-state index contributed by atoms with van der Waals surface area (Å²) < 4.78 is 37.3. The maximum Gasteiger partial charge on any atom is 0.319 e. The van der Waals surface area contributed by atoms with Crippen molar-refractivity contribution in [3.05, 3.63) is 47.4 Å². The number of pyridine rings is 1. The number of hydrogen-bond acceptors (Lipinski definition) is 8. The number of ether oxygens (including phenoxy) is 1. The Morgan fingerprint density at radius 2 is 1.98 bits per heavy atom. The van der Waals surface area contributed by atoms with Crippen LogP contribution in [0.15, 0.2) is 36.5 Å². The SMILES string of the molecule is Oc1cc2ccccc2c(-c2ncc3c(N4C[C@@H]5C[C@H](C4)[C@H](O)C5)nc(OC[C@@]45CCCN4C[C@H](F)C5)nc3c2F)c1Cl. The summed E-state index contributed by atoms with van der Waals surface area (Å²) in [6, 6.07) is 8.84. The first-order valence-electron chi connectivity index (χ1n) is 15.0. The van der Waals surface area contributed by atoms with Crippen LogP contribution in [0.4, 0.5) is 14.6 Å². The fourth-order valence-corrected chi connectivity index (χ4v) is 8.34. The van der Waals surface area contributed by atoms with Crippen LogP contribution in [0.25, 0.3) is 32.9 Å². The van der Waals surface area contributed by atoms with Crippen LogP contribution in [-0.4, -0.2) is 80.7 Å². The molecule has 0 radical (unpaired) electrons. The minimum atomic E-state index is -0.903. The number of anilines is 1. The lowest BCUT2D eigenvalue weighted by Gasteiger charge is -2.34. The average Bonchev–Trinajstić information content (AvgIpc) is 3.61. The van der Waals surface area contributed by atoms with Gasteiger partial charge in [-0.15, -0.1) is 0 Å². The van der Waals surface area contributed by atoms with Gasteiger partial charge < -0.3 is 19.8 Å². The van der Waals surface area contributed by atoms with Crippen molar-refractivity contribution in [1.29, 1.82) is 0 Å². The molecular weight excluding hydrogens is 576 g/mol. The van der Waals surface area contributed by atoms with Gasteiger partial charge in [0.1, 0.15) is 35.6 Å². The highest BCUT2D eigenvalue weighted by molar-refractivity contribution is 6.36. The summed E-state index contributed by atoms with van der Waals surface area (Å²) in [6.45, 7) is 2.69. The highest BCUT2D eigenvalue weighted by atomic mass is 35.5. The molecule has 224 valence electrons. The highest BCUT2D eigenvalue weighted by Gasteiger charge is 2.49. The van der Waals surface area contributed by atoms with Gasteiger partial charge in [0.15, 0.2) is 5.82 Å². The number of halogens is 3. The largest absolute Gasteiger partial charge is 0.506 e. The number of fused-ring (bicyclic) bond motifs is 5. The molecule has 2 bridgehead atoms. The van der Waals surface area contributed by atoms with Crippen molar-refractivity contribution >= 4 is 39.1 Å². The van der Waals surface area contributed by atoms with Gasteiger partial charge in [-0.25, -0.2) is 8.78 Å². The fraction of sp³-hybridized carbons (Fsp3) is 0.469. The van der Waals surface area contributed by atoms with Crippen molar-refractivity contribution in [3.63, 3.8) is 0 Å². The summed E-state index contributed by atoms with van der Waals surface area (Å²) in [7, 11) is 0. The number of aliphatic hydroxyl groups is 1. The Hall–Kier alpha value is -3.34. The van der Waals surface area contributed by atoms with Gasteiger partial charge in [0.2, 0.25) is 0 Å². The number of aliphatic hydroxyl groups excluding tert-OH is 1. The molecule has 3 saturated heterocycles. The van der Waals surface area contributed by atoms with Gasteiger partial charge in [0, 0.05) is 43.7 Å². The molecular formula is C32H32ClF2N5O3. The molecule has 4 fully saturated rings. The van der Waals surface area contributed by atoms with E-state index in [9.17, 15) is 14.6 Å². The molecule has 4 aromatic rings. The normalized spacial score (nSPS) is 28.7. The molecule has 2 N–H and O–H groups in total. The molecule has 5 atom stereocenters. The summed E-state index contributed by atoms with van der Waals surface area (Å²) in [4.78, 5) is 18.1. The van der Waals surface area contributed by atoms with E-state index in [1.54, 1.807) is 12.3 Å². The number of benzene rings is 2. The van der Waals surface area contributed by atoms with Gasteiger partial charge in [0.25, 0.3) is 0 Å². The first-order chi connectivity index (χ1) is 20.8. The maximum absolute atomic E-state index is 16.7. The number of phenolic OH excluding ortho intramolecular Hbond substituents is 1. The fourth-order valence-electron chi connectivity index (χ4n) is 8.09. The van der Waals surface area contributed by atoms with Gasteiger partial charge in [0.05, 0.1) is 22.1 Å². The Balaban J connectivity index is 1.26. The van der Waals surface area contributed by atoms with Gasteiger partial charge in [-0.3, -0.25) is 9.88 Å². The number of aromatic hydroxyl groups is 1. The third-order valence-electron chi connectivity index (χ3n) is 10.1. The predicted molar refractivity (Wildman–Crippen MR) is 160 cm³/mol. The lowest BCUT2D eigenvalue weighted by atomic mass is 9.95. The Kier molecular flexibility index (Phi) is 6.40. The Labute approximate surface area is 252 Å². The van der Waals surface area contributed by atoms with Crippen LogP contribution in [0.5, 0.6) is 11.8 Å². The molecule has 3 aliphatic heterocycles. The molecule has 8 nitrogen and oxygen atoms in total. The minimum Gasteiger partial charge on any atom is -0.506 e. The van der Waals surface area contributed by atoms with Crippen LogP contribution < -0.4 is 9.64 Å². The highest BCUT2D eigenvalue weighted by Crippen LogP contribution is 2.45. The minimum absolute atomic E-state index is 0.000712. The van der Waals surface area contributed by atoms with Crippen LogP contribution in [0, 0.1) is 17.7 Å². The third kappa shape index (κ3) is 4.40. The second-order valence-corrected chi connectivity index (χ2v) is 13.1. The van der Waals surface area contributed by atoms with E-state index >= 15 is 4.39 Å². The topological polar surface area (TPSA) is 94.8 Å². The number of aromatic nitrogens is 3. The van der Waals surface area contributed by atoms with Gasteiger partial charge >= 0.3 is 6.01 Å². The number of nitrogens with zero attached hydrogens (tertiary/aromatic N) is 5. The second kappa shape index (κ2) is 10.1. The van der Waals surface area contributed by atoms with E-state index in [1.165, 1.54) is 0 Å². The average molecular weight is 608 g/mol. The van der Waals surface area contributed by atoms with E-state index in [4.69, 9.17) is 21.3 Å². The maximum atomic E-state index is 16.7. The summed E-state index contributed by atoms with van der Waals surface area (Å²) in [5.41, 5.74) is -0.144. The quantitative estimate of drug-likeness (QED) is 0.307. The van der Waals surface area contributed by atoms with Crippen LogP contribution >= 0.6 is 11.6 Å². The zero-order chi connectivity index (χ0) is 29.5. The van der Waals surface area contributed by atoms with Crippen molar-refractivity contribution in [1.82, 2.24) is 19.9 Å². The van der Waals surface area contributed by atoms with E-state index in [2.05, 4.69) is 19.8 Å². The smallest absolute Gasteiger partial charge is 0.319 e. The number of rotatable bonds is 5. The van der Waals surface area contributed by atoms with Gasteiger partial charge in [-0.05, 0) is 55.0 Å². The second-order valence-electron chi connectivity index (χ2n) is 12.8. The number of phenols is 1. The molecule has 2 aromatic heterocycles. The first kappa shape index (κ1) is 27.2. The zero-order valence-corrected chi connectivity index (χ0v) is 24.3. The number of piperidine rings is 1. The van der Waals surface area contributed by atoms with Crippen molar-refractivity contribution < 1.29 is 23.7 Å². The van der Waals surface area contributed by atoms with Crippen molar-refractivity contribution in [2.24, 2.45) is 11.8 Å². The Bertz CT molecular complexity index is 1760. The molecule has 1 aliphatic carbocycles. The first-order valence-corrected chi connectivity index (χ1v) is 15.4. The standard InChI is InChI=1S/C32H32ClF2N5O3/c33-26-24(42)10-18-4-1-2-5-21(18)25(26)29-27(35)28-22(12-36-29)30(39-13-17-8-19(14-39)23(41)9-17)38-31(37-28)43-16-32-6-3-7-40(32)15-20(34)11-32/h1-2,4-5,10,12,17,19-20,23,41-42H,3,6-9,11,13-16H2/t17-,19-,20-,23-,32+/m1/s1. The summed E-state index contributed by atoms with van der Waals surface area (Å²) in [5.74, 6) is 0.0462. The predicted octanol–water partition coefficient (Wildman–Crippen LogP) is 5.51. The van der Waals surface area contributed by atoms with Gasteiger partial charge in [-0.1, -0.05) is 35.9 Å². The molecule has 0 spiro atoms. The molecule has 0 unspecified atom stereocenters. The van der Waals surface area contributed by atoms with E-state index in [0.717, 1.165) is 32.2 Å². The third-order valence-corrected chi connectivity index (χ3v) is 10.4. The molecule has 43 heavy (non-hydrogen) atoms. The van der Waals surface area contributed by atoms with E-state index < -0.39 is 17.5 Å². The molecule has 8 rings (SSSR count). The monoisotopic (exact) mass is 607 g/mol. The molecule has 0 amide bonds. The van der Waals surface area contributed by atoms with Gasteiger partial charge in [-0.2, -0.15) is 9.97 Å². The van der Waals surface area contributed by atoms with Crippen LogP contribution in [-0.2, 0) is 0 Å². The zero-order valence-electron chi connectivity index (χ0n) is 23.5. The Morgan fingerprint density at radius 3 is 2.84 bits per heavy atom. The lowest BCUT2D eigenvalue weighted by Crippen LogP contribution is -2.43. The molecule has 11 heteroatoms. The van der Waals surface area contributed by atoms with E-state index in [0.29, 0.717) is 53.9 Å². The van der Waals surface area contributed by atoms with Crippen molar-refractivity contribution in [2.45, 2.75) is 49.9 Å². The van der Waals surface area contributed by atoms with Crippen LogP contribution in [0.1, 0.15) is 32.1 Å². The summed E-state index contributed by atoms with van der Waals surface area (Å²) in [6.07, 6.45) is 4.16. The van der Waals surface area contributed by atoms with Crippen molar-refractivity contribution in [3.8, 4) is 23.0 Å². The lowest BCUT2D eigenvalue weighted by molar-refractivity contribution is 0.107. The molecule has 5 heterocycles. The van der Waals surface area contributed by atoms with Crippen LogP contribution in [0.3, 0.4) is 0 Å². The van der Waals surface area contributed by atoms with E-state index in [1.807, 2.05) is 24.3 Å². The molecule has 4 aliphatic rings. The van der Waals surface area contributed by atoms with Crippen LogP contribution in [0.2, 0.25) is 5.02 Å². The number of hydrogen-bond donors (Lipinski definition) is 2. The number of alkyl halides is 1. The summed E-state index contributed by atoms with van der Waals surface area (Å²) >= 11 is 6.57. The molecule has 1 saturated carbocycles. The Morgan fingerprint density at radius 1 is 1.12 bits per heavy atom. The van der Waals surface area contributed by atoms with Crippen molar-refractivity contribution in [2.75, 3.05) is 37.7 Å². The molecule has 2 aromatic carbocycles. The summed E-state index contributed by atoms with van der Waals surface area (Å²) in [5, 5.41) is 22.9.